The van der Waals surface area contributed by atoms with Crippen LogP contribution in [0.1, 0.15) is 16.7 Å². The molecule has 27 heavy (non-hydrogen) atoms. The number of halogens is 1. The van der Waals surface area contributed by atoms with Crippen LogP contribution in [-0.2, 0) is 6.54 Å². The fourth-order valence-corrected chi connectivity index (χ4v) is 3.31. The molecule has 0 atom stereocenters. The molecule has 0 bridgehead atoms. The van der Waals surface area contributed by atoms with E-state index in [9.17, 15) is 14.7 Å². The first-order valence-electron chi connectivity index (χ1n) is 8.18. The number of benzene rings is 2. The van der Waals surface area contributed by atoms with Gasteiger partial charge in [-0.25, -0.2) is 4.79 Å². The van der Waals surface area contributed by atoms with E-state index in [0.717, 1.165) is 25.9 Å². The Kier molecular flexibility index (Phi) is 4.37. The van der Waals surface area contributed by atoms with E-state index in [0.29, 0.717) is 5.57 Å². The van der Waals surface area contributed by atoms with Gasteiger partial charge >= 0.3 is 5.69 Å². The minimum atomic E-state index is -0.660. The molecule has 2 heterocycles. The van der Waals surface area contributed by atoms with Gasteiger partial charge < -0.3 is 5.11 Å². The Labute approximate surface area is 162 Å². The number of aromatic amines is 1. The van der Waals surface area contributed by atoms with Crippen LogP contribution in [0.25, 0.3) is 11.6 Å². The Bertz CT molecular complexity index is 1210. The molecule has 0 radical (unpaired) electrons. The summed E-state index contributed by atoms with van der Waals surface area (Å²) < 4.78 is 2.02. The summed E-state index contributed by atoms with van der Waals surface area (Å²) >= 11 is 3.42. The molecule has 0 fully saturated rings. The van der Waals surface area contributed by atoms with Crippen LogP contribution in [0, 0.1) is 0 Å². The van der Waals surface area contributed by atoms with Crippen molar-refractivity contribution in [2.45, 2.75) is 6.54 Å². The number of H-pyrrole nitrogens is 1. The number of hydrogen-bond donors (Lipinski definition) is 2. The number of aliphatic imine (C=N–C) groups is 1. The molecule has 4 rings (SSSR count). The summed E-state index contributed by atoms with van der Waals surface area (Å²) in [5, 5.41) is 10.6. The summed E-state index contributed by atoms with van der Waals surface area (Å²) in [6.07, 6.45) is 3.17. The molecule has 0 amide bonds. The van der Waals surface area contributed by atoms with Gasteiger partial charge in [0.25, 0.3) is 5.56 Å². The van der Waals surface area contributed by atoms with Gasteiger partial charge in [-0.1, -0.05) is 46.3 Å². The summed E-state index contributed by atoms with van der Waals surface area (Å²) in [5.41, 5.74) is 1.83. The average Bonchev–Trinajstić information content (AvgIpc) is 3.05. The topological polar surface area (TPSA) is 87.5 Å². The van der Waals surface area contributed by atoms with Crippen LogP contribution in [0.15, 0.2) is 67.6 Å². The van der Waals surface area contributed by atoms with Crippen LogP contribution in [0.2, 0.25) is 0 Å². The van der Waals surface area contributed by atoms with Gasteiger partial charge in [0.2, 0.25) is 5.88 Å². The van der Waals surface area contributed by atoms with Crippen molar-refractivity contribution in [3.05, 3.63) is 90.5 Å². The van der Waals surface area contributed by atoms with Gasteiger partial charge in [-0.15, -0.1) is 0 Å². The summed E-state index contributed by atoms with van der Waals surface area (Å²) in [6, 6.07) is 14.9. The highest BCUT2D eigenvalue weighted by Gasteiger charge is 2.17. The third kappa shape index (κ3) is 3.29. The molecule has 1 aromatic heterocycles. The Morgan fingerprint density at radius 1 is 1.15 bits per heavy atom. The lowest BCUT2D eigenvalue weighted by molar-refractivity contribution is 0.408. The van der Waals surface area contributed by atoms with Gasteiger partial charge in [-0.2, -0.15) is 0 Å². The predicted molar refractivity (Wildman–Crippen MR) is 109 cm³/mol. The average molecular weight is 424 g/mol. The summed E-state index contributed by atoms with van der Waals surface area (Å²) in [5.74, 6) is -0.378. The Morgan fingerprint density at radius 2 is 1.93 bits per heavy atom. The lowest BCUT2D eigenvalue weighted by Gasteiger charge is -2.10. The van der Waals surface area contributed by atoms with Crippen molar-refractivity contribution in [3.63, 3.8) is 0 Å². The van der Waals surface area contributed by atoms with Crippen molar-refractivity contribution in [1.29, 1.82) is 0 Å². The highest BCUT2D eigenvalue weighted by molar-refractivity contribution is 9.10. The molecular weight excluding hydrogens is 410 g/mol. The molecule has 0 saturated heterocycles. The van der Waals surface area contributed by atoms with Crippen molar-refractivity contribution in [1.82, 2.24) is 9.55 Å². The maximum Gasteiger partial charge on any atom is 0.331 e. The van der Waals surface area contributed by atoms with Gasteiger partial charge in [-0.3, -0.25) is 19.3 Å². The van der Waals surface area contributed by atoms with Crippen LogP contribution in [0.4, 0.5) is 5.69 Å². The minimum Gasteiger partial charge on any atom is -0.494 e. The van der Waals surface area contributed by atoms with Crippen LogP contribution >= 0.6 is 15.9 Å². The van der Waals surface area contributed by atoms with Gasteiger partial charge in [0.15, 0.2) is 0 Å². The fraction of sp³-hybridized carbons (Fsp3) is 0.0500. The third-order valence-electron chi connectivity index (χ3n) is 4.30. The van der Waals surface area contributed by atoms with E-state index in [1.165, 1.54) is 6.08 Å². The first-order chi connectivity index (χ1) is 13.0. The van der Waals surface area contributed by atoms with E-state index >= 15 is 0 Å². The Morgan fingerprint density at radius 3 is 2.70 bits per heavy atom. The fourth-order valence-electron chi connectivity index (χ4n) is 2.95. The van der Waals surface area contributed by atoms with E-state index in [1.807, 2.05) is 48.5 Å². The molecule has 0 unspecified atom stereocenters. The Balaban J connectivity index is 1.82. The normalized spacial score (nSPS) is 13.9. The second-order valence-corrected chi connectivity index (χ2v) is 7.00. The molecule has 1 aliphatic heterocycles. The lowest BCUT2D eigenvalue weighted by atomic mass is 10.1. The smallest absolute Gasteiger partial charge is 0.331 e. The SMILES string of the molecule is O=c1[nH]c(=O)n(Cc2ccccc2)c(O)c1/C=C1\C=Nc2ccc(Br)cc21. The zero-order valence-corrected chi connectivity index (χ0v) is 15.6. The van der Waals surface area contributed by atoms with Crippen molar-refractivity contribution in [2.75, 3.05) is 0 Å². The van der Waals surface area contributed by atoms with Crippen LogP contribution in [-0.4, -0.2) is 20.9 Å². The van der Waals surface area contributed by atoms with E-state index in [2.05, 4.69) is 25.9 Å². The second-order valence-electron chi connectivity index (χ2n) is 6.09. The molecular formula is C20H14BrN3O3. The van der Waals surface area contributed by atoms with Crippen LogP contribution in [0.5, 0.6) is 5.88 Å². The van der Waals surface area contributed by atoms with Crippen molar-refractivity contribution in [3.8, 4) is 5.88 Å². The van der Waals surface area contributed by atoms with Gasteiger partial charge in [-0.05, 0) is 29.8 Å². The van der Waals surface area contributed by atoms with Crippen molar-refractivity contribution in [2.24, 2.45) is 4.99 Å². The zero-order valence-electron chi connectivity index (χ0n) is 14.0. The van der Waals surface area contributed by atoms with E-state index < -0.39 is 11.2 Å². The number of allylic oxidation sites excluding steroid dienone is 1. The summed E-state index contributed by atoms with van der Waals surface area (Å²) in [4.78, 5) is 31.1. The number of fused-ring (bicyclic) bond motifs is 1. The minimum absolute atomic E-state index is 0.0137. The molecule has 134 valence electrons. The quantitative estimate of drug-likeness (QED) is 0.677. The van der Waals surface area contributed by atoms with Crippen LogP contribution < -0.4 is 11.2 Å². The third-order valence-corrected chi connectivity index (χ3v) is 4.80. The van der Waals surface area contributed by atoms with E-state index in [4.69, 9.17) is 0 Å². The molecule has 0 spiro atoms. The van der Waals surface area contributed by atoms with E-state index in [1.54, 1.807) is 6.21 Å². The number of aromatic nitrogens is 2. The molecule has 0 saturated carbocycles. The number of hydrogen-bond acceptors (Lipinski definition) is 4. The number of rotatable bonds is 3. The maximum atomic E-state index is 12.3. The zero-order chi connectivity index (χ0) is 19.0. The van der Waals surface area contributed by atoms with Gasteiger partial charge in [0.1, 0.15) is 5.56 Å². The predicted octanol–water partition coefficient (Wildman–Crippen LogP) is 3.31. The van der Waals surface area contributed by atoms with Crippen molar-refractivity contribution >= 4 is 39.5 Å². The lowest BCUT2D eigenvalue weighted by Crippen LogP contribution is -2.31. The first-order valence-corrected chi connectivity index (χ1v) is 8.98. The monoisotopic (exact) mass is 423 g/mol. The molecule has 6 nitrogen and oxygen atoms in total. The molecule has 0 aliphatic carbocycles. The Hall–Kier alpha value is -3.19. The number of nitrogens with one attached hydrogen (secondary N) is 1. The molecule has 2 aromatic carbocycles. The molecule has 3 aromatic rings. The molecule has 1 aliphatic rings. The second kappa shape index (κ2) is 6.85. The summed E-state index contributed by atoms with van der Waals surface area (Å²) in [6.45, 7) is 0.148. The molecule has 7 heteroatoms. The number of aromatic hydroxyl groups is 1. The van der Waals surface area contributed by atoms with E-state index in [-0.39, 0.29) is 18.0 Å². The summed E-state index contributed by atoms with van der Waals surface area (Å²) in [7, 11) is 0. The largest absolute Gasteiger partial charge is 0.494 e. The first kappa shape index (κ1) is 17.2. The highest BCUT2D eigenvalue weighted by atomic mass is 79.9. The molecule has 2 N–H and O–H groups in total. The van der Waals surface area contributed by atoms with Gasteiger partial charge in [0, 0.05) is 21.8 Å². The van der Waals surface area contributed by atoms with Crippen LogP contribution in [0.3, 0.4) is 0 Å². The standard InChI is InChI=1S/C20H14BrN3O3/c21-14-6-7-17-15(9-14)13(10-22-17)8-16-18(25)23-20(27)24(19(16)26)11-12-4-2-1-3-5-12/h1-10,26H,11H2,(H,23,25,27)/b13-8+. The maximum absolute atomic E-state index is 12.3. The van der Waals surface area contributed by atoms with Crippen molar-refractivity contribution < 1.29 is 5.11 Å². The number of nitrogens with zero attached hydrogens (tertiary/aromatic N) is 2. The van der Waals surface area contributed by atoms with Gasteiger partial charge in [0.05, 0.1) is 12.2 Å². The highest BCUT2D eigenvalue weighted by Crippen LogP contribution is 2.35.